The van der Waals surface area contributed by atoms with Gasteiger partial charge in [-0.1, -0.05) is 11.6 Å². The number of aliphatic hydroxyl groups excluding tert-OH is 1. The highest BCUT2D eigenvalue weighted by Crippen LogP contribution is 2.24. The topological polar surface area (TPSA) is 57.2 Å². The fourth-order valence-electron chi connectivity index (χ4n) is 1.34. The number of rotatable bonds is 5. The molecule has 15 heavy (non-hydrogen) atoms. The molecule has 1 heterocycles. The molecule has 0 aliphatic carbocycles. The van der Waals surface area contributed by atoms with Crippen LogP contribution in [0.4, 0.5) is 5.82 Å². The second-order valence-corrected chi connectivity index (χ2v) is 3.55. The van der Waals surface area contributed by atoms with Crippen LogP contribution in [0.25, 0.3) is 0 Å². The molecule has 1 aromatic rings. The molecule has 3 N–H and O–H groups in total. The first-order chi connectivity index (χ1) is 7.22. The van der Waals surface area contributed by atoms with Gasteiger partial charge in [0.25, 0.3) is 0 Å². The number of pyridine rings is 1. The zero-order valence-electron chi connectivity index (χ0n) is 8.92. The second-order valence-electron chi connectivity index (χ2n) is 3.15. The summed E-state index contributed by atoms with van der Waals surface area (Å²) in [5.41, 5.74) is 0.854. The summed E-state index contributed by atoms with van der Waals surface area (Å²) in [4.78, 5) is 4.13. The first kappa shape index (κ1) is 12.2. The summed E-state index contributed by atoms with van der Waals surface area (Å²) in [7, 11) is 1.78. The average molecular weight is 230 g/mol. The van der Waals surface area contributed by atoms with Gasteiger partial charge in [-0.25, -0.2) is 4.98 Å². The first-order valence-corrected chi connectivity index (χ1v) is 5.28. The molecule has 1 unspecified atom stereocenters. The van der Waals surface area contributed by atoms with Crippen molar-refractivity contribution in [2.75, 3.05) is 25.5 Å². The van der Waals surface area contributed by atoms with Gasteiger partial charge in [-0.2, -0.15) is 0 Å². The molecule has 1 aromatic heterocycles. The highest BCUT2D eigenvalue weighted by molar-refractivity contribution is 6.31. The molecular formula is C10H16ClN3O. The number of aliphatic hydroxyl groups is 1. The van der Waals surface area contributed by atoms with Crippen molar-refractivity contribution in [3.05, 3.63) is 22.8 Å². The summed E-state index contributed by atoms with van der Waals surface area (Å²) in [6.45, 7) is 2.81. The molecule has 84 valence electrons. The predicted molar refractivity (Wildman–Crippen MR) is 62.3 cm³/mol. The largest absolute Gasteiger partial charge is 0.394 e. The van der Waals surface area contributed by atoms with Crippen LogP contribution in [-0.4, -0.2) is 30.3 Å². The van der Waals surface area contributed by atoms with Gasteiger partial charge >= 0.3 is 0 Å². The summed E-state index contributed by atoms with van der Waals surface area (Å²) in [6, 6.07) is 1.70. The van der Waals surface area contributed by atoms with Gasteiger partial charge in [0.1, 0.15) is 5.82 Å². The zero-order chi connectivity index (χ0) is 11.3. The average Bonchev–Trinajstić information content (AvgIpc) is 2.24. The summed E-state index contributed by atoms with van der Waals surface area (Å²) < 4.78 is 0. The van der Waals surface area contributed by atoms with Gasteiger partial charge < -0.3 is 15.7 Å². The number of nitrogens with zero attached hydrogens (tertiary/aromatic N) is 1. The Morgan fingerprint density at radius 3 is 2.87 bits per heavy atom. The van der Waals surface area contributed by atoms with E-state index in [1.165, 1.54) is 0 Å². The van der Waals surface area contributed by atoms with E-state index in [9.17, 15) is 0 Å². The van der Waals surface area contributed by atoms with Crippen LogP contribution in [0.3, 0.4) is 0 Å². The summed E-state index contributed by atoms with van der Waals surface area (Å²) >= 11 is 6.01. The number of nitrogens with one attached hydrogen (secondary N) is 2. The van der Waals surface area contributed by atoms with E-state index in [0.29, 0.717) is 5.02 Å². The van der Waals surface area contributed by atoms with Crippen molar-refractivity contribution in [2.45, 2.75) is 13.0 Å². The molecule has 0 saturated heterocycles. The Kier molecular flexibility index (Phi) is 4.81. The Balaban J connectivity index is 2.98. The molecule has 0 bridgehead atoms. The van der Waals surface area contributed by atoms with E-state index in [-0.39, 0.29) is 12.6 Å². The van der Waals surface area contributed by atoms with Gasteiger partial charge in [0.15, 0.2) is 0 Å². The molecule has 5 heteroatoms. The maximum atomic E-state index is 9.16. The lowest BCUT2D eigenvalue weighted by atomic mass is 10.1. The smallest absolute Gasteiger partial charge is 0.126 e. The predicted octanol–water partition coefficient (Wildman–Crippen LogP) is 1.42. The molecule has 0 aliphatic heterocycles. The van der Waals surface area contributed by atoms with Crippen LogP contribution in [0.5, 0.6) is 0 Å². The molecular weight excluding hydrogens is 214 g/mol. The zero-order valence-corrected chi connectivity index (χ0v) is 9.67. The van der Waals surface area contributed by atoms with Crippen molar-refractivity contribution in [1.29, 1.82) is 0 Å². The second kappa shape index (κ2) is 5.90. The Labute approximate surface area is 94.7 Å². The van der Waals surface area contributed by atoms with Crippen molar-refractivity contribution in [1.82, 2.24) is 10.3 Å². The Bertz CT molecular complexity index is 316. The summed E-state index contributed by atoms with van der Waals surface area (Å²) in [6.07, 6.45) is 1.59. The minimum Gasteiger partial charge on any atom is -0.394 e. The molecule has 0 fully saturated rings. The van der Waals surface area contributed by atoms with Crippen LogP contribution in [0, 0.1) is 0 Å². The van der Waals surface area contributed by atoms with Gasteiger partial charge in [-0.3, -0.25) is 0 Å². The van der Waals surface area contributed by atoms with E-state index in [4.69, 9.17) is 16.7 Å². The van der Waals surface area contributed by atoms with E-state index in [2.05, 4.69) is 15.6 Å². The third-order valence-corrected chi connectivity index (χ3v) is 2.47. The molecule has 0 aliphatic rings. The Morgan fingerprint density at radius 1 is 1.60 bits per heavy atom. The van der Waals surface area contributed by atoms with E-state index in [0.717, 1.165) is 17.9 Å². The van der Waals surface area contributed by atoms with Crippen molar-refractivity contribution >= 4 is 17.4 Å². The minimum atomic E-state index is -0.155. The van der Waals surface area contributed by atoms with Gasteiger partial charge in [0.05, 0.1) is 17.7 Å². The van der Waals surface area contributed by atoms with Gasteiger partial charge in [-0.15, -0.1) is 0 Å². The third kappa shape index (κ3) is 3.06. The number of aromatic nitrogens is 1. The third-order valence-electron chi connectivity index (χ3n) is 2.15. The number of halogens is 1. The lowest BCUT2D eigenvalue weighted by Crippen LogP contribution is -2.20. The number of likely N-dealkylation sites (N-methyl/N-ethyl adjacent to an activating group) is 1. The molecule has 0 spiro atoms. The molecule has 0 saturated carbocycles. The number of hydrogen-bond donors (Lipinski definition) is 3. The van der Waals surface area contributed by atoms with Crippen molar-refractivity contribution in [3.63, 3.8) is 0 Å². The Hall–Kier alpha value is -0.840. The van der Waals surface area contributed by atoms with E-state index in [1.54, 1.807) is 13.2 Å². The van der Waals surface area contributed by atoms with Crippen LogP contribution in [0.1, 0.15) is 18.5 Å². The molecule has 0 amide bonds. The highest BCUT2D eigenvalue weighted by Gasteiger charge is 2.12. The van der Waals surface area contributed by atoms with Crippen LogP contribution in [-0.2, 0) is 0 Å². The normalized spacial score (nSPS) is 12.5. The number of anilines is 1. The van der Waals surface area contributed by atoms with Gasteiger partial charge in [-0.05, 0) is 25.6 Å². The maximum absolute atomic E-state index is 9.16. The van der Waals surface area contributed by atoms with Crippen LogP contribution in [0.15, 0.2) is 12.3 Å². The molecule has 1 atom stereocenters. The van der Waals surface area contributed by atoms with Gasteiger partial charge in [0, 0.05) is 12.7 Å². The number of hydrogen-bond acceptors (Lipinski definition) is 4. The van der Waals surface area contributed by atoms with E-state index < -0.39 is 0 Å². The summed E-state index contributed by atoms with van der Waals surface area (Å²) in [5, 5.41) is 15.8. The van der Waals surface area contributed by atoms with E-state index >= 15 is 0 Å². The lowest BCUT2D eigenvalue weighted by molar-refractivity contribution is 0.251. The van der Waals surface area contributed by atoms with Crippen LogP contribution < -0.4 is 10.6 Å². The molecule has 0 aromatic carbocycles. The Morgan fingerprint density at radius 2 is 2.33 bits per heavy atom. The standard InChI is InChI=1S/C10H16ClN3O/c1-3-13-10-4-7(8(11)5-14-10)9(6-15)12-2/h4-5,9,12,15H,3,6H2,1-2H3,(H,13,14). The monoisotopic (exact) mass is 229 g/mol. The quantitative estimate of drug-likeness (QED) is 0.715. The fourth-order valence-corrected chi connectivity index (χ4v) is 1.58. The van der Waals surface area contributed by atoms with Crippen molar-refractivity contribution < 1.29 is 5.11 Å². The molecule has 1 rings (SSSR count). The first-order valence-electron chi connectivity index (χ1n) is 4.90. The fraction of sp³-hybridized carbons (Fsp3) is 0.500. The molecule has 0 radical (unpaired) electrons. The SMILES string of the molecule is CCNc1cc(C(CO)NC)c(Cl)cn1. The van der Waals surface area contributed by atoms with Crippen molar-refractivity contribution in [2.24, 2.45) is 0 Å². The molecule has 4 nitrogen and oxygen atoms in total. The van der Waals surface area contributed by atoms with Gasteiger partial charge in [0.2, 0.25) is 0 Å². The highest BCUT2D eigenvalue weighted by atomic mass is 35.5. The van der Waals surface area contributed by atoms with Crippen LogP contribution >= 0.6 is 11.6 Å². The maximum Gasteiger partial charge on any atom is 0.126 e. The van der Waals surface area contributed by atoms with E-state index in [1.807, 2.05) is 13.0 Å². The summed E-state index contributed by atoms with van der Waals surface area (Å²) in [5.74, 6) is 0.769. The van der Waals surface area contributed by atoms with Crippen LogP contribution in [0.2, 0.25) is 5.02 Å². The minimum absolute atomic E-state index is 0.00575. The van der Waals surface area contributed by atoms with Crippen molar-refractivity contribution in [3.8, 4) is 0 Å². The lowest BCUT2D eigenvalue weighted by Gasteiger charge is -2.16.